The van der Waals surface area contributed by atoms with Crippen LogP contribution in [0.3, 0.4) is 0 Å². The molecule has 2 aromatic carbocycles. The normalized spacial score (nSPS) is 10.2. The quantitative estimate of drug-likeness (QED) is 0.193. The summed E-state index contributed by atoms with van der Waals surface area (Å²) in [6.45, 7) is 1.91. The summed E-state index contributed by atoms with van der Waals surface area (Å²) >= 11 is 24.2. The highest BCUT2D eigenvalue weighted by atomic mass is 35.5. The summed E-state index contributed by atoms with van der Waals surface area (Å²) in [5.41, 5.74) is 17.0. The van der Waals surface area contributed by atoms with Gasteiger partial charge in [0.25, 0.3) is 0 Å². The summed E-state index contributed by atoms with van der Waals surface area (Å²) in [6.07, 6.45) is 1.69. The third-order valence-electron chi connectivity index (χ3n) is 5.38. The fourth-order valence-corrected chi connectivity index (χ4v) is 4.35. The lowest BCUT2D eigenvalue weighted by atomic mass is 10.1. The lowest BCUT2D eigenvalue weighted by Crippen LogP contribution is -2.47. The van der Waals surface area contributed by atoms with Gasteiger partial charge >= 0.3 is 5.97 Å². The van der Waals surface area contributed by atoms with E-state index in [0.29, 0.717) is 32.9 Å². The predicted octanol–water partition coefficient (Wildman–Crippen LogP) is 3.46. The maximum absolute atomic E-state index is 12.9. The van der Waals surface area contributed by atoms with Crippen LogP contribution in [-0.2, 0) is 27.2 Å². The summed E-state index contributed by atoms with van der Waals surface area (Å²) in [5, 5.41) is 11.1. The third kappa shape index (κ3) is 13.5. The first-order valence-electron chi connectivity index (χ1n) is 12.3. The number of amides is 2. The highest BCUT2D eigenvalue weighted by molar-refractivity contribution is 6.35. The van der Waals surface area contributed by atoms with Gasteiger partial charge in [-0.15, -0.1) is 0 Å². The molecule has 2 amide bonds. The largest absolute Gasteiger partial charge is 0.480 e. The molecule has 0 aromatic heterocycles. The van der Waals surface area contributed by atoms with E-state index in [1.54, 1.807) is 36.4 Å². The van der Waals surface area contributed by atoms with Gasteiger partial charge in [0.2, 0.25) is 11.8 Å². The van der Waals surface area contributed by atoms with E-state index >= 15 is 0 Å². The second-order valence-electron chi connectivity index (χ2n) is 8.51. The second-order valence-corrected chi connectivity index (χ2v) is 10.2. The number of benzene rings is 2. The van der Waals surface area contributed by atoms with Gasteiger partial charge in [0.15, 0.2) is 5.96 Å². The molecule has 0 aliphatic carbocycles. The Morgan fingerprint density at radius 2 is 1.30 bits per heavy atom. The number of rotatable bonds is 13. The monoisotopic (exact) mass is 634 g/mol. The number of carbonyl (C=O) groups is 3. The van der Waals surface area contributed by atoms with E-state index < -0.39 is 24.3 Å². The molecule has 0 atom stereocenters. The van der Waals surface area contributed by atoms with Crippen LogP contribution in [0.1, 0.15) is 24.5 Å². The number of carbonyl (C=O) groups excluding carboxylic acids is 2. The Kier molecular flexibility index (Phi) is 16.4. The van der Waals surface area contributed by atoms with Crippen molar-refractivity contribution < 1.29 is 19.5 Å². The Hall–Kier alpha value is -2.76. The first kappa shape index (κ1) is 35.3. The maximum Gasteiger partial charge on any atom is 0.323 e. The average molecular weight is 636 g/mol. The number of carboxylic acids is 1. The molecule has 0 fully saturated rings. The van der Waals surface area contributed by atoms with Crippen molar-refractivity contribution in [3.63, 3.8) is 0 Å². The molecule has 2 aromatic rings. The Morgan fingerprint density at radius 3 is 1.65 bits per heavy atom. The number of hydrogen-bond acceptors (Lipinski definition) is 5. The molecule has 40 heavy (non-hydrogen) atoms. The van der Waals surface area contributed by atoms with Crippen LogP contribution in [0.15, 0.2) is 41.4 Å². The van der Waals surface area contributed by atoms with Crippen LogP contribution in [0, 0.1) is 0 Å². The van der Waals surface area contributed by atoms with Crippen molar-refractivity contribution in [3.8, 4) is 0 Å². The Morgan fingerprint density at radius 1 is 0.825 bits per heavy atom. The van der Waals surface area contributed by atoms with Crippen molar-refractivity contribution in [2.24, 2.45) is 22.2 Å². The minimum absolute atomic E-state index is 0.0974. The third-order valence-corrected chi connectivity index (χ3v) is 6.56. The van der Waals surface area contributed by atoms with Crippen LogP contribution >= 0.6 is 46.4 Å². The molecule has 0 bridgehead atoms. The Balaban J connectivity index is 0.00000101. The number of guanidine groups is 1. The first-order valence-corrected chi connectivity index (χ1v) is 13.8. The van der Waals surface area contributed by atoms with Gasteiger partial charge in [-0.2, -0.15) is 0 Å². The average Bonchev–Trinajstić information content (AvgIpc) is 2.88. The molecule has 14 heteroatoms. The molecule has 0 aliphatic heterocycles. The topological polar surface area (TPSA) is 168 Å². The summed E-state index contributed by atoms with van der Waals surface area (Å²) in [7, 11) is 0. The van der Waals surface area contributed by atoms with E-state index in [-0.39, 0.29) is 32.1 Å². The Labute approximate surface area is 254 Å². The van der Waals surface area contributed by atoms with Gasteiger partial charge in [0, 0.05) is 39.7 Å². The zero-order valence-corrected chi connectivity index (χ0v) is 25.1. The van der Waals surface area contributed by atoms with Crippen LogP contribution in [0.25, 0.3) is 0 Å². The van der Waals surface area contributed by atoms with Gasteiger partial charge in [-0.1, -0.05) is 65.5 Å². The van der Waals surface area contributed by atoms with Crippen molar-refractivity contribution in [2.45, 2.75) is 26.2 Å². The van der Waals surface area contributed by atoms with Gasteiger partial charge < -0.3 is 32.1 Å². The predicted molar refractivity (Wildman–Crippen MR) is 161 cm³/mol. The zero-order chi connectivity index (χ0) is 30.2. The maximum atomic E-state index is 12.9. The molecule has 0 aliphatic rings. The highest BCUT2D eigenvalue weighted by Crippen LogP contribution is 2.22. The molecule has 0 unspecified atom stereocenters. The first-order chi connectivity index (χ1) is 18.9. The van der Waals surface area contributed by atoms with Gasteiger partial charge in [-0.25, -0.2) is 0 Å². The SMILES string of the molecule is CCCN=C(N)N.NCC(=O)N(CCc1ccc(Cl)cc1Cl)CC(=O)N(CCc1ccc(Cl)cc1Cl)CC(=O)O. The lowest BCUT2D eigenvalue weighted by molar-refractivity contribution is -0.146. The van der Waals surface area contributed by atoms with Crippen LogP contribution in [0.5, 0.6) is 0 Å². The number of hydrogen-bond donors (Lipinski definition) is 4. The van der Waals surface area contributed by atoms with E-state index in [1.165, 1.54) is 9.80 Å². The summed E-state index contributed by atoms with van der Waals surface area (Å²) in [5.74, 6) is -1.95. The van der Waals surface area contributed by atoms with Crippen LogP contribution in [-0.4, -0.2) is 77.9 Å². The van der Waals surface area contributed by atoms with Crippen molar-refractivity contribution in [3.05, 3.63) is 67.6 Å². The van der Waals surface area contributed by atoms with Gasteiger partial charge in [0.1, 0.15) is 6.54 Å². The molecule has 7 N–H and O–H groups in total. The van der Waals surface area contributed by atoms with Crippen molar-refractivity contribution in [1.29, 1.82) is 0 Å². The molecule has 0 saturated carbocycles. The number of nitrogens with zero attached hydrogens (tertiary/aromatic N) is 3. The zero-order valence-electron chi connectivity index (χ0n) is 22.1. The molecule has 2 rings (SSSR count). The number of halogens is 4. The number of carboxylic acid groups (broad SMARTS) is 1. The summed E-state index contributed by atoms with van der Waals surface area (Å²) < 4.78 is 0. The van der Waals surface area contributed by atoms with Gasteiger partial charge in [0.05, 0.1) is 13.1 Å². The van der Waals surface area contributed by atoms with Crippen molar-refractivity contribution in [2.75, 3.05) is 39.3 Å². The fraction of sp³-hybridized carbons (Fsp3) is 0.385. The van der Waals surface area contributed by atoms with Gasteiger partial charge in [-0.05, 0) is 54.7 Å². The molecule has 0 heterocycles. The number of aliphatic imine (C=N–C) groups is 1. The molecule has 0 saturated heterocycles. The number of aliphatic carboxylic acids is 1. The minimum Gasteiger partial charge on any atom is -0.480 e. The second kappa shape index (κ2) is 18.6. The highest BCUT2D eigenvalue weighted by Gasteiger charge is 2.22. The lowest BCUT2D eigenvalue weighted by Gasteiger charge is -2.27. The van der Waals surface area contributed by atoms with E-state index in [2.05, 4.69) is 4.99 Å². The Bertz CT molecular complexity index is 1180. The molecule has 220 valence electrons. The molecule has 0 radical (unpaired) electrons. The van der Waals surface area contributed by atoms with Crippen molar-refractivity contribution >= 4 is 70.1 Å². The van der Waals surface area contributed by atoms with E-state index in [0.717, 1.165) is 24.1 Å². The standard InChI is InChI=1S/C22H23Cl4N3O4.C4H11N3/c23-16-3-1-14(18(25)9-16)5-7-28(20(30)11-27)12-21(31)29(13-22(32)33)8-6-15-2-4-17(24)10-19(15)26;1-2-3-7-4(5)6/h1-4,9-10H,5-8,11-13,27H2,(H,32,33);2-3H2,1H3,(H4,5,6,7). The van der Waals surface area contributed by atoms with Crippen LogP contribution in [0.2, 0.25) is 20.1 Å². The molecular formula is C26H34Cl4N6O4. The number of nitrogens with two attached hydrogens (primary N) is 3. The van der Waals surface area contributed by atoms with Crippen LogP contribution in [0.4, 0.5) is 0 Å². The minimum atomic E-state index is -1.17. The van der Waals surface area contributed by atoms with E-state index in [1.807, 2.05) is 6.92 Å². The van der Waals surface area contributed by atoms with Crippen LogP contribution < -0.4 is 17.2 Å². The smallest absolute Gasteiger partial charge is 0.323 e. The summed E-state index contributed by atoms with van der Waals surface area (Å²) in [4.78, 5) is 42.8. The van der Waals surface area contributed by atoms with Crippen molar-refractivity contribution in [1.82, 2.24) is 9.80 Å². The fourth-order valence-electron chi connectivity index (χ4n) is 3.34. The molecule has 0 spiro atoms. The van der Waals surface area contributed by atoms with E-state index in [4.69, 9.17) is 63.6 Å². The molecule has 10 nitrogen and oxygen atoms in total. The molecular weight excluding hydrogens is 602 g/mol. The summed E-state index contributed by atoms with van der Waals surface area (Å²) in [6, 6.07) is 9.97. The van der Waals surface area contributed by atoms with Gasteiger partial charge in [-0.3, -0.25) is 19.4 Å². The van der Waals surface area contributed by atoms with E-state index in [9.17, 15) is 19.5 Å².